The Morgan fingerprint density at radius 2 is 2.07 bits per heavy atom. The molecule has 0 fully saturated rings. The van der Waals surface area contributed by atoms with Gasteiger partial charge < -0.3 is 15.4 Å². The van der Waals surface area contributed by atoms with E-state index in [1.54, 1.807) is 43.6 Å². The van der Waals surface area contributed by atoms with Gasteiger partial charge in [0.05, 0.1) is 12.8 Å². The Balaban J connectivity index is 1.77. The number of ether oxygens (including phenoxy) is 1. The molecule has 2 aromatic heterocycles. The van der Waals surface area contributed by atoms with Crippen LogP contribution in [0, 0.1) is 6.92 Å². The molecule has 0 aliphatic heterocycles. The summed E-state index contributed by atoms with van der Waals surface area (Å²) >= 11 is 6.01. The van der Waals surface area contributed by atoms with Crippen LogP contribution < -0.4 is 15.4 Å². The molecule has 8 heteroatoms. The van der Waals surface area contributed by atoms with Crippen molar-refractivity contribution < 1.29 is 9.53 Å². The average Bonchev–Trinajstić information content (AvgIpc) is 2.67. The van der Waals surface area contributed by atoms with Gasteiger partial charge in [0.1, 0.15) is 23.1 Å². The van der Waals surface area contributed by atoms with Gasteiger partial charge in [-0.05, 0) is 36.8 Å². The van der Waals surface area contributed by atoms with Gasteiger partial charge in [-0.3, -0.25) is 9.78 Å². The highest BCUT2D eigenvalue weighted by Crippen LogP contribution is 2.28. The van der Waals surface area contributed by atoms with E-state index in [1.807, 2.05) is 12.1 Å². The maximum absolute atomic E-state index is 12.6. The smallest absolute Gasteiger partial charge is 0.274 e. The number of carbonyl (C=O) groups is 1. The van der Waals surface area contributed by atoms with E-state index < -0.39 is 0 Å². The van der Waals surface area contributed by atoms with Crippen molar-refractivity contribution in [3.8, 4) is 5.75 Å². The number of hydrogen-bond donors (Lipinski definition) is 2. The first-order chi connectivity index (χ1) is 13.0. The van der Waals surface area contributed by atoms with Crippen molar-refractivity contribution in [3.05, 3.63) is 70.9 Å². The normalized spacial score (nSPS) is 10.3. The molecule has 0 aliphatic carbocycles. The van der Waals surface area contributed by atoms with Crippen LogP contribution in [0.25, 0.3) is 0 Å². The standard InChI is InChI=1S/C19H18ClN5O2/c1-12-23-16(9-18(24-12)22-11-13-4-3-7-21-10-13)19(26)25-15-8-14(20)5-6-17(15)27-2/h3-10H,11H2,1-2H3,(H,25,26)(H,22,23,24). The molecule has 3 aromatic rings. The van der Waals surface area contributed by atoms with Crippen molar-refractivity contribution >= 4 is 29.0 Å². The largest absolute Gasteiger partial charge is 0.495 e. The van der Waals surface area contributed by atoms with E-state index in [9.17, 15) is 4.79 Å². The van der Waals surface area contributed by atoms with Crippen LogP contribution in [0.3, 0.4) is 0 Å². The van der Waals surface area contributed by atoms with E-state index in [0.29, 0.717) is 34.6 Å². The fourth-order valence-electron chi connectivity index (χ4n) is 2.43. The Morgan fingerprint density at radius 1 is 1.22 bits per heavy atom. The second-order valence-corrected chi connectivity index (χ2v) is 6.14. The van der Waals surface area contributed by atoms with Crippen LogP contribution in [0.5, 0.6) is 5.75 Å². The number of carbonyl (C=O) groups excluding carboxylic acids is 1. The summed E-state index contributed by atoms with van der Waals surface area (Å²) in [5, 5.41) is 6.44. The molecule has 2 N–H and O–H groups in total. The molecule has 0 atom stereocenters. The molecule has 2 heterocycles. The average molecular weight is 384 g/mol. The van der Waals surface area contributed by atoms with Crippen molar-refractivity contribution in [2.75, 3.05) is 17.7 Å². The van der Waals surface area contributed by atoms with Crippen molar-refractivity contribution in [3.63, 3.8) is 0 Å². The first kappa shape index (κ1) is 18.6. The molecule has 138 valence electrons. The van der Waals surface area contributed by atoms with E-state index in [4.69, 9.17) is 16.3 Å². The van der Waals surface area contributed by atoms with Gasteiger partial charge in [-0.2, -0.15) is 0 Å². The zero-order valence-electron chi connectivity index (χ0n) is 14.9. The Labute approximate surface area is 161 Å². The molecule has 7 nitrogen and oxygen atoms in total. The molecular weight excluding hydrogens is 366 g/mol. The lowest BCUT2D eigenvalue weighted by molar-refractivity contribution is 0.102. The predicted molar refractivity (Wildman–Crippen MR) is 104 cm³/mol. The van der Waals surface area contributed by atoms with Crippen molar-refractivity contribution in [1.29, 1.82) is 0 Å². The molecule has 0 unspecified atom stereocenters. The van der Waals surface area contributed by atoms with Gasteiger partial charge in [0, 0.05) is 30.0 Å². The van der Waals surface area contributed by atoms with Gasteiger partial charge in [0.15, 0.2) is 0 Å². The lowest BCUT2D eigenvalue weighted by Crippen LogP contribution is -2.16. The third-order valence-corrected chi connectivity index (χ3v) is 3.91. The monoisotopic (exact) mass is 383 g/mol. The number of nitrogens with one attached hydrogen (secondary N) is 2. The number of aryl methyl sites for hydroxylation is 1. The third-order valence-electron chi connectivity index (χ3n) is 3.68. The lowest BCUT2D eigenvalue weighted by atomic mass is 10.2. The highest BCUT2D eigenvalue weighted by atomic mass is 35.5. The van der Waals surface area contributed by atoms with Gasteiger partial charge in [-0.25, -0.2) is 9.97 Å². The molecule has 27 heavy (non-hydrogen) atoms. The number of nitrogens with zero attached hydrogens (tertiary/aromatic N) is 3. The number of benzene rings is 1. The summed E-state index contributed by atoms with van der Waals surface area (Å²) in [4.78, 5) is 25.2. The molecule has 0 bridgehead atoms. The van der Waals surface area contributed by atoms with Crippen LogP contribution in [0.2, 0.25) is 5.02 Å². The first-order valence-corrected chi connectivity index (χ1v) is 8.56. The molecule has 0 aliphatic rings. The number of amides is 1. The van der Waals surface area contributed by atoms with E-state index in [0.717, 1.165) is 5.56 Å². The molecule has 0 saturated heterocycles. The summed E-state index contributed by atoms with van der Waals surface area (Å²) in [6.07, 6.45) is 3.48. The summed E-state index contributed by atoms with van der Waals surface area (Å²) in [6.45, 7) is 2.26. The van der Waals surface area contributed by atoms with Gasteiger partial charge in [-0.15, -0.1) is 0 Å². The van der Waals surface area contributed by atoms with Crippen LogP contribution >= 0.6 is 11.6 Å². The summed E-state index contributed by atoms with van der Waals surface area (Å²) in [5.41, 5.74) is 1.71. The molecule has 0 spiro atoms. The minimum Gasteiger partial charge on any atom is -0.495 e. The van der Waals surface area contributed by atoms with E-state index >= 15 is 0 Å². The number of halogens is 1. The number of pyridine rings is 1. The zero-order chi connectivity index (χ0) is 19.2. The zero-order valence-corrected chi connectivity index (χ0v) is 15.6. The van der Waals surface area contributed by atoms with Gasteiger partial charge in [0.2, 0.25) is 0 Å². The number of aromatic nitrogens is 3. The maximum Gasteiger partial charge on any atom is 0.274 e. The van der Waals surface area contributed by atoms with Crippen LogP contribution in [0.1, 0.15) is 21.9 Å². The molecule has 3 rings (SSSR count). The number of rotatable bonds is 6. The van der Waals surface area contributed by atoms with Crippen molar-refractivity contribution in [2.24, 2.45) is 0 Å². The van der Waals surface area contributed by atoms with Gasteiger partial charge >= 0.3 is 0 Å². The summed E-state index contributed by atoms with van der Waals surface area (Å²) in [5.74, 6) is 1.16. The van der Waals surface area contributed by atoms with E-state index in [1.165, 1.54) is 7.11 Å². The molecule has 0 radical (unpaired) electrons. The molecule has 1 aromatic carbocycles. The molecule has 0 saturated carbocycles. The Morgan fingerprint density at radius 3 is 2.81 bits per heavy atom. The highest BCUT2D eigenvalue weighted by Gasteiger charge is 2.14. The van der Waals surface area contributed by atoms with Crippen molar-refractivity contribution in [1.82, 2.24) is 15.0 Å². The van der Waals surface area contributed by atoms with Crippen LogP contribution in [0.15, 0.2) is 48.8 Å². The van der Waals surface area contributed by atoms with Gasteiger partial charge in [-0.1, -0.05) is 17.7 Å². The molecule has 1 amide bonds. The van der Waals surface area contributed by atoms with Crippen LogP contribution in [-0.4, -0.2) is 28.0 Å². The summed E-state index contributed by atoms with van der Waals surface area (Å²) in [7, 11) is 1.52. The maximum atomic E-state index is 12.6. The fourth-order valence-corrected chi connectivity index (χ4v) is 2.61. The first-order valence-electron chi connectivity index (χ1n) is 8.18. The minimum absolute atomic E-state index is 0.234. The number of methoxy groups -OCH3 is 1. The minimum atomic E-state index is -0.384. The predicted octanol–water partition coefficient (Wildman–Crippen LogP) is 3.71. The van der Waals surface area contributed by atoms with Crippen molar-refractivity contribution in [2.45, 2.75) is 13.5 Å². The van der Waals surface area contributed by atoms with Crippen LogP contribution in [-0.2, 0) is 6.54 Å². The Kier molecular flexibility index (Phi) is 5.83. The topological polar surface area (TPSA) is 89.0 Å². The number of anilines is 2. The number of hydrogen-bond acceptors (Lipinski definition) is 6. The quantitative estimate of drug-likeness (QED) is 0.674. The second kappa shape index (κ2) is 8.46. The fraction of sp³-hybridized carbons (Fsp3) is 0.158. The highest BCUT2D eigenvalue weighted by molar-refractivity contribution is 6.31. The SMILES string of the molecule is COc1ccc(Cl)cc1NC(=O)c1cc(NCc2cccnc2)nc(C)n1. The van der Waals surface area contributed by atoms with E-state index in [-0.39, 0.29) is 11.6 Å². The van der Waals surface area contributed by atoms with Gasteiger partial charge in [0.25, 0.3) is 5.91 Å². The Hall–Kier alpha value is -3.19. The summed E-state index contributed by atoms with van der Waals surface area (Å²) < 4.78 is 5.25. The Bertz CT molecular complexity index is 950. The lowest BCUT2D eigenvalue weighted by Gasteiger charge is -2.11. The molecular formula is C19H18ClN5O2. The van der Waals surface area contributed by atoms with Crippen LogP contribution in [0.4, 0.5) is 11.5 Å². The third kappa shape index (κ3) is 4.92. The second-order valence-electron chi connectivity index (χ2n) is 5.70. The summed E-state index contributed by atoms with van der Waals surface area (Å²) in [6, 6.07) is 10.4. The van der Waals surface area contributed by atoms with E-state index in [2.05, 4.69) is 25.6 Å².